The van der Waals surface area contributed by atoms with E-state index in [4.69, 9.17) is 16.3 Å². The van der Waals surface area contributed by atoms with Crippen molar-refractivity contribution in [2.24, 2.45) is 0 Å². The Bertz CT molecular complexity index is 422. The fraction of sp³-hybridized carbons (Fsp3) is 0.533. The minimum Gasteiger partial charge on any atom is -0.479 e. The quantitative estimate of drug-likeness (QED) is 0.577. The number of hydrogen-bond donors (Lipinski definition) is 0. The molecule has 1 rings (SSSR count). The fourth-order valence-electron chi connectivity index (χ4n) is 1.98. The lowest BCUT2D eigenvalue weighted by Gasteiger charge is -2.37. The topological polar surface area (TPSA) is 32.8 Å². The van der Waals surface area contributed by atoms with Gasteiger partial charge in [-0.25, -0.2) is 0 Å². The van der Waals surface area contributed by atoms with Crippen LogP contribution in [-0.2, 0) is 9.53 Å². The van der Waals surface area contributed by atoms with E-state index in [1.807, 2.05) is 4.90 Å². The van der Waals surface area contributed by atoms with Crippen molar-refractivity contribution in [2.45, 2.75) is 19.4 Å². The molecule has 1 heterocycles. The van der Waals surface area contributed by atoms with Crippen LogP contribution >= 0.6 is 11.6 Å². The highest BCUT2D eigenvalue weighted by Crippen LogP contribution is 2.19. The number of carbonyl (C=O) groups is 1. The summed E-state index contributed by atoms with van der Waals surface area (Å²) >= 11 is 5.63. The van der Waals surface area contributed by atoms with E-state index >= 15 is 0 Å². The first-order chi connectivity index (χ1) is 9.22. The van der Waals surface area contributed by atoms with Crippen LogP contribution in [0, 0.1) is 0 Å². The summed E-state index contributed by atoms with van der Waals surface area (Å²) in [4.78, 5) is 16.5. The number of ether oxygens (including phenoxy) is 1. The van der Waals surface area contributed by atoms with Crippen molar-refractivity contribution in [1.29, 1.82) is 0 Å². The second kappa shape index (κ2) is 6.95. The molecule has 0 bridgehead atoms. The Morgan fingerprint density at radius 2 is 1.75 bits per heavy atom. The normalized spacial score (nSPS) is 17.3. The summed E-state index contributed by atoms with van der Waals surface area (Å²) in [7, 11) is 2.05. The van der Waals surface area contributed by atoms with Gasteiger partial charge in [0.2, 0.25) is 0 Å². The van der Waals surface area contributed by atoms with Crippen LogP contribution < -0.4 is 0 Å². The molecule has 0 aromatic heterocycles. The lowest BCUT2D eigenvalue weighted by Crippen LogP contribution is -2.53. The van der Waals surface area contributed by atoms with E-state index < -0.39 is 5.60 Å². The first-order valence-corrected chi connectivity index (χ1v) is 6.98. The largest absolute Gasteiger partial charge is 0.479 e. The molecule has 20 heavy (non-hydrogen) atoms. The molecule has 0 spiro atoms. The third kappa shape index (κ3) is 5.02. The van der Waals surface area contributed by atoms with Gasteiger partial charge in [-0.1, -0.05) is 24.8 Å². The molecule has 4 nitrogen and oxygen atoms in total. The summed E-state index contributed by atoms with van der Waals surface area (Å²) in [5, 5.41) is 0.387. The zero-order valence-electron chi connectivity index (χ0n) is 12.5. The Morgan fingerprint density at radius 1 is 1.20 bits per heavy atom. The van der Waals surface area contributed by atoms with Gasteiger partial charge in [0.25, 0.3) is 5.91 Å². The SMILES string of the molecule is C=C(Cl)/C=C\C(=C)OC(C)(C)C(=O)N1CCN(C)CC1. The summed E-state index contributed by atoms with van der Waals surface area (Å²) in [6, 6.07) is 0. The third-order valence-corrected chi connectivity index (χ3v) is 3.27. The zero-order valence-corrected chi connectivity index (χ0v) is 13.2. The van der Waals surface area contributed by atoms with Crippen LogP contribution in [-0.4, -0.2) is 54.5 Å². The minimum atomic E-state index is -0.940. The van der Waals surface area contributed by atoms with E-state index in [-0.39, 0.29) is 5.91 Å². The van der Waals surface area contributed by atoms with Crippen LogP contribution in [0.15, 0.2) is 36.1 Å². The van der Waals surface area contributed by atoms with Gasteiger partial charge in [-0.2, -0.15) is 0 Å². The Balaban J connectivity index is 2.61. The second-order valence-corrected chi connectivity index (χ2v) is 5.94. The zero-order chi connectivity index (χ0) is 15.3. The average Bonchev–Trinajstić information content (AvgIpc) is 2.36. The molecule has 0 unspecified atom stereocenters. The van der Waals surface area contributed by atoms with Gasteiger partial charge in [0.1, 0.15) is 5.76 Å². The van der Waals surface area contributed by atoms with Gasteiger partial charge in [-0.05, 0) is 33.0 Å². The average molecular weight is 299 g/mol. The number of allylic oxidation sites excluding steroid dienone is 3. The molecule has 1 amide bonds. The van der Waals surface area contributed by atoms with Gasteiger partial charge < -0.3 is 14.5 Å². The van der Waals surface area contributed by atoms with Crippen LogP contribution in [0.25, 0.3) is 0 Å². The van der Waals surface area contributed by atoms with Gasteiger partial charge in [-0.15, -0.1) is 0 Å². The monoisotopic (exact) mass is 298 g/mol. The molecule has 0 atom stereocenters. The Labute approximate surface area is 126 Å². The van der Waals surface area contributed by atoms with Crippen LogP contribution in [0.2, 0.25) is 0 Å². The fourth-order valence-corrected chi connectivity index (χ4v) is 2.04. The minimum absolute atomic E-state index is 0.0233. The van der Waals surface area contributed by atoms with Gasteiger partial charge in [0.15, 0.2) is 5.60 Å². The van der Waals surface area contributed by atoms with Crippen LogP contribution in [0.5, 0.6) is 0 Å². The van der Waals surface area contributed by atoms with Gasteiger partial charge in [-0.3, -0.25) is 4.79 Å². The molecule has 0 N–H and O–H groups in total. The van der Waals surface area contributed by atoms with Crippen LogP contribution in [0.1, 0.15) is 13.8 Å². The molecule has 1 saturated heterocycles. The summed E-state index contributed by atoms with van der Waals surface area (Å²) in [6.45, 7) is 14.0. The molecule has 112 valence electrons. The van der Waals surface area contributed by atoms with Crippen molar-refractivity contribution in [3.63, 3.8) is 0 Å². The number of hydrogen-bond acceptors (Lipinski definition) is 3. The predicted molar refractivity (Wildman–Crippen MR) is 82.5 cm³/mol. The Morgan fingerprint density at radius 3 is 2.25 bits per heavy atom. The molecule has 0 saturated carbocycles. The van der Waals surface area contributed by atoms with Crippen LogP contribution in [0.3, 0.4) is 0 Å². The number of piperazine rings is 1. The predicted octanol–water partition coefficient (Wildman–Crippen LogP) is 2.38. The van der Waals surface area contributed by atoms with E-state index in [9.17, 15) is 4.79 Å². The summed E-state index contributed by atoms with van der Waals surface area (Å²) in [6.07, 6.45) is 3.19. The van der Waals surface area contributed by atoms with E-state index in [1.54, 1.807) is 26.0 Å². The number of amides is 1. The maximum Gasteiger partial charge on any atom is 0.266 e. The number of halogens is 1. The van der Waals surface area contributed by atoms with Crippen molar-refractivity contribution >= 4 is 17.5 Å². The number of rotatable bonds is 5. The highest BCUT2D eigenvalue weighted by Gasteiger charge is 2.35. The molecule has 1 fully saturated rings. The standard InChI is InChI=1S/C15H23ClN2O2/c1-12(16)6-7-13(2)20-15(3,4)14(19)18-10-8-17(5)9-11-18/h6-7H,1-2,8-11H2,3-5H3/b7-6-. The molecular weight excluding hydrogens is 276 g/mol. The maximum atomic E-state index is 12.5. The highest BCUT2D eigenvalue weighted by atomic mass is 35.5. The molecule has 0 aliphatic carbocycles. The highest BCUT2D eigenvalue weighted by molar-refractivity contribution is 6.30. The van der Waals surface area contributed by atoms with E-state index in [0.29, 0.717) is 10.8 Å². The first-order valence-electron chi connectivity index (χ1n) is 6.60. The molecule has 0 radical (unpaired) electrons. The molecular formula is C15H23ClN2O2. The number of likely N-dealkylation sites (N-methyl/N-ethyl adjacent to an activating group) is 1. The summed E-state index contributed by atoms with van der Waals surface area (Å²) in [5.41, 5.74) is -0.940. The summed E-state index contributed by atoms with van der Waals surface area (Å²) in [5.74, 6) is 0.365. The van der Waals surface area contributed by atoms with Gasteiger partial charge in [0.05, 0.1) is 0 Å². The Kier molecular flexibility index (Phi) is 5.84. The van der Waals surface area contributed by atoms with E-state index in [0.717, 1.165) is 26.2 Å². The van der Waals surface area contributed by atoms with E-state index in [1.165, 1.54) is 0 Å². The van der Waals surface area contributed by atoms with Crippen molar-refractivity contribution in [2.75, 3.05) is 33.2 Å². The Hall–Kier alpha value is -1.26. The lowest BCUT2D eigenvalue weighted by molar-refractivity contribution is -0.151. The second-order valence-electron chi connectivity index (χ2n) is 5.45. The third-order valence-electron chi connectivity index (χ3n) is 3.14. The smallest absolute Gasteiger partial charge is 0.266 e. The molecule has 1 aliphatic rings. The van der Waals surface area contributed by atoms with Crippen molar-refractivity contribution in [1.82, 2.24) is 9.80 Å². The van der Waals surface area contributed by atoms with Gasteiger partial charge in [0, 0.05) is 31.2 Å². The number of carbonyl (C=O) groups excluding carboxylic acids is 1. The molecule has 0 aromatic rings. The molecule has 1 aliphatic heterocycles. The maximum absolute atomic E-state index is 12.5. The first kappa shape index (κ1) is 16.8. The van der Waals surface area contributed by atoms with Gasteiger partial charge >= 0.3 is 0 Å². The molecule has 0 aromatic carbocycles. The van der Waals surface area contributed by atoms with Crippen molar-refractivity contribution in [3.05, 3.63) is 36.1 Å². The van der Waals surface area contributed by atoms with E-state index in [2.05, 4.69) is 25.1 Å². The lowest BCUT2D eigenvalue weighted by atomic mass is 10.1. The number of nitrogens with zero attached hydrogens (tertiary/aromatic N) is 2. The summed E-state index contributed by atoms with van der Waals surface area (Å²) < 4.78 is 5.64. The van der Waals surface area contributed by atoms with Crippen LogP contribution in [0.4, 0.5) is 0 Å². The van der Waals surface area contributed by atoms with Crippen molar-refractivity contribution in [3.8, 4) is 0 Å². The van der Waals surface area contributed by atoms with Crippen molar-refractivity contribution < 1.29 is 9.53 Å². The molecule has 5 heteroatoms.